The van der Waals surface area contributed by atoms with Crippen LogP contribution in [0.5, 0.6) is 0 Å². The summed E-state index contributed by atoms with van der Waals surface area (Å²) < 4.78 is 5.42. The molecule has 158 valence electrons. The van der Waals surface area contributed by atoms with Crippen LogP contribution in [0.2, 0.25) is 0 Å². The van der Waals surface area contributed by atoms with Crippen molar-refractivity contribution in [2.24, 2.45) is 16.6 Å². The average molecular weight is 502 g/mol. The monoisotopic (exact) mass is 502 g/mol. The van der Waals surface area contributed by atoms with Crippen LogP contribution in [0.25, 0.3) is 0 Å². The van der Waals surface area contributed by atoms with Gasteiger partial charge in [0.1, 0.15) is 6.10 Å². The molecule has 0 aliphatic carbocycles. The molecule has 1 fully saturated rings. The highest BCUT2D eigenvalue weighted by atomic mass is 127. The summed E-state index contributed by atoms with van der Waals surface area (Å²) >= 11 is 0. The molecule has 1 aliphatic rings. The van der Waals surface area contributed by atoms with Crippen molar-refractivity contribution in [3.05, 3.63) is 29.8 Å². The van der Waals surface area contributed by atoms with Crippen molar-refractivity contribution in [3.63, 3.8) is 0 Å². The zero-order valence-corrected chi connectivity index (χ0v) is 19.6. The van der Waals surface area contributed by atoms with Crippen LogP contribution in [0.4, 0.5) is 5.69 Å². The molecule has 2 unspecified atom stereocenters. The van der Waals surface area contributed by atoms with Crippen LogP contribution in [-0.4, -0.2) is 30.6 Å². The van der Waals surface area contributed by atoms with Gasteiger partial charge in [0.25, 0.3) is 5.91 Å². The molecule has 0 saturated carbocycles. The van der Waals surface area contributed by atoms with Gasteiger partial charge in [0, 0.05) is 18.3 Å². The third-order valence-corrected chi connectivity index (χ3v) is 4.66. The Kier molecular flexibility index (Phi) is 11.4. The highest BCUT2D eigenvalue weighted by Gasteiger charge is 2.23. The van der Waals surface area contributed by atoms with E-state index in [1.54, 1.807) is 0 Å². The van der Waals surface area contributed by atoms with Gasteiger partial charge in [-0.3, -0.25) is 4.79 Å². The van der Waals surface area contributed by atoms with E-state index < -0.39 is 0 Å². The van der Waals surface area contributed by atoms with Gasteiger partial charge in [0.15, 0.2) is 5.96 Å². The first kappa shape index (κ1) is 24.7. The Morgan fingerprint density at radius 1 is 1.32 bits per heavy atom. The van der Waals surface area contributed by atoms with Gasteiger partial charge in [-0.2, -0.15) is 0 Å². The van der Waals surface area contributed by atoms with E-state index in [9.17, 15) is 4.79 Å². The predicted molar refractivity (Wildman–Crippen MR) is 126 cm³/mol. The minimum atomic E-state index is -0.330. The lowest BCUT2D eigenvalue weighted by Gasteiger charge is -2.15. The highest BCUT2D eigenvalue weighted by Crippen LogP contribution is 2.16. The maximum atomic E-state index is 12.1. The molecule has 4 N–H and O–H groups in total. The highest BCUT2D eigenvalue weighted by molar-refractivity contribution is 14.0. The third-order valence-electron chi connectivity index (χ3n) is 4.66. The molecule has 28 heavy (non-hydrogen) atoms. The lowest BCUT2D eigenvalue weighted by atomic mass is 10.0. The summed E-state index contributed by atoms with van der Waals surface area (Å²) in [5.41, 5.74) is 7.77. The van der Waals surface area contributed by atoms with Gasteiger partial charge in [-0.25, -0.2) is 4.99 Å². The van der Waals surface area contributed by atoms with Crippen molar-refractivity contribution in [1.82, 2.24) is 5.32 Å². The van der Waals surface area contributed by atoms with Crippen molar-refractivity contribution in [1.29, 1.82) is 0 Å². The van der Waals surface area contributed by atoms with Crippen molar-refractivity contribution in [2.75, 3.05) is 11.9 Å². The number of anilines is 1. The van der Waals surface area contributed by atoms with Crippen molar-refractivity contribution in [2.45, 2.75) is 71.6 Å². The summed E-state index contributed by atoms with van der Waals surface area (Å²) in [7, 11) is 0. The Morgan fingerprint density at radius 3 is 2.79 bits per heavy atom. The number of benzene rings is 1. The summed E-state index contributed by atoms with van der Waals surface area (Å²) in [6.07, 6.45) is 4.89. The van der Waals surface area contributed by atoms with Crippen molar-refractivity contribution < 1.29 is 9.53 Å². The number of ether oxygens (including phenoxy) is 1. The molecule has 1 heterocycles. The van der Waals surface area contributed by atoms with Crippen LogP contribution in [0.1, 0.15) is 58.4 Å². The number of nitrogens with one attached hydrogen (secondary N) is 2. The quantitative estimate of drug-likeness (QED) is 0.270. The van der Waals surface area contributed by atoms with Gasteiger partial charge in [-0.05, 0) is 49.8 Å². The van der Waals surface area contributed by atoms with Crippen LogP contribution in [0, 0.1) is 5.92 Å². The Bertz CT molecular complexity index is 631. The van der Waals surface area contributed by atoms with E-state index in [2.05, 4.69) is 36.4 Å². The van der Waals surface area contributed by atoms with Gasteiger partial charge < -0.3 is 21.1 Å². The number of hydrogen-bond donors (Lipinski definition) is 3. The van der Waals surface area contributed by atoms with E-state index in [1.165, 1.54) is 12.8 Å². The molecule has 1 saturated heterocycles. The van der Waals surface area contributed by atoms with E-state index in [-0.39, 0.29) is 36.0 Å². The number of carbonyl (C=O) groups excluding carboxylic acids is 1. The molecule has 1 aromatic carbocycles. The maximum absolute atomic E-state index is 12.1. The minimum Gasteiger partial charge on any atom is -0.370 e. The SMILES string of the molecule is CC(C)CCCC(C)NC(N)=NCc1cccc(NC(=O)C2CCCO2)c1.I. The Balaban J connectivity index is 0.00000392. The summed E-state index contributed by atoms with van der Waals surface area (Å²) in [5.74, 6) is 1.11. The second-order valence-electron chi connectivity index (χ2n) is 7.76. The lowest BCUT2D eigenvalue weighted by Crippen LogP contribution is -2.38. The van der Waals surface area contributed by atoms with Crippen molar-refractivity contribution in [3.8, 4) is 0 Å². The zero-order chi connectivity index (χ0) is 19.6. The first-order valence-electron chi connectivity index (χ1n) is 10.0. The Labute approximate surface area is 186 Å². The summed E-state index contributed by atoms with van der Waals surface area (Å²) in [4.78, 5) is 16.6. The number of carbonyl (C=O) groups is 1. The maximum Gasteiger partial charge on any atom is 0.253 e. The fraction of sp³-hybridized carbons (Fsp3) is 0.619. The molecule has 6 nitrogen and oxygen atoms in total. The van der Waals surface area contributed by atoms with Crippen molar-refractivity contribution >= 4 is 41.5 Å². The first-order valence-corrected chi connectivity index (χ1v) is 10.0. The fourth-order valence-electron chi connectivity index (χ4n) is 3.13. The number of nitrogens with two attached hydrogens (primary N) is 1. The molecular formula is C21H35IN4O2. The molecular weight excluding hydrogens is 467 g/mol. The number of guanidine groups is 1. The number of aliphatic imine (C=N–C) groups is 1. The summed E-state index contributed by atoms with van der Waals surface area (Å²) in [6, 6.07) is 8.00. The molecule has 0 radical (unpaired) electrons. The van der Waals surface area contributed by atoms with Crippen LogP contribution in [0.3, 0.4) is 0 Å². The number of amides is 1. The smallest absolute Gasteiger partial charge is 0.253 e. The van der Waals surface area contributed by atoms with Gasteiger partial charge in [-0.1, -0.05) is 38.8 Å². The molecule has 7 heteroatoms. The van der Waals surface area contributed by atoms with Gasteiger partial charge in [0.05, 0.1) is 6.54 Å². The second-order valence-corrected chi connectivity index (χ2v) is 7.76. The van der Waals surface area contributed by atoms with E-state index in [0.29, 0.717) is 25.2 Å². The van der Waals surface area contributed by atoms with Crippen LogP contribution in [-0.2, 0) is 16.1 Å². The molecule has 2 atom stereocenters. The van der Waals surface area contributed by atoms with Gasteiger partial charge in [0.2, 0.25) is 0 Å². The predicted octanol–water partition coefficient (Wildman–Crippen LogP) is 4.04. The summed E-state index contributed by atoms with van der Waals surface area (Å²) in [6.45, 7) is 7.75. The lowest BCUT2D eigenvalue weighted by molar-refractivity contribution is -0.124. The molecule has 1 aliphatic heterocycles. The topological polar surface area (TPSA) is 88.7 Å². The minimum absolute atomic E-state index is 0. The summed E-state index contributed by atoms with van der Waals surface area (Å²) in [5, 5.41) is 6.17. The zero-order valence-electron chi connectivity index (χ0n) is 17.2. The van der Waals surface area contributed by atoms with Crippen LogP contribution in [0.15, 0.2) is 29.3 Å². The van der Waals surface area contributed by atoms with E-state index in [0.717, 1.165) is 36.4 Å². The normalized spacial score (nSPS) is 17.9. The first-order chi connectivity index (χ1) is 12.9. The van der Waals surface area contributed by atoms with Gasteiger partial charge in [-0.15, -0.1) is 24.0 Å². The molecule has 0 bridgehead atoms. The number of nitrogens with zero attached hydrogens (tertiary/aromatic N) is 1. The molecule has 2 rings (SSSR count). The van der Waals surface area contributed by atoms with E-state index in [4.69, 9.17) is 10.5 Å². The third kappa shape index (κ3) is 9.23. The Morgan fingerprint density at radius 2 is 2.11 bits per heavy atom. The largest absolute Gasteiger partial charge is 0.370 e. The van der Waals surface area contributed by atoms with Crippen LogP contribution >= 0.6 is 24.0 Å². The number of rotatable bonds is 9. The second kappa shape index (κ2) is 13.0. The number of halogens is 1. The molecule has 1 amide bonds. The standard InChI is InChI=1S/C21H34N4O2.HI/c1-15(2)7-4-8-16(3)24-21(22)23-14-17-9-5-10-18(13-17)25-20(26)19-11-6-12-27-19;/h5,9-10,13,15-16,19H,4,6-8,11-12,14H2,1-3H3,(H,25,26)(H3,22,23,24);1H. The van der Waals surface area contributed by atoms with Gasteiger partial charge >= 0.3 is 0 Å². The molecule has 1 aromatic rings. The average Bonchev–Trinajstić information content (AvgIpc) is 3.15. The molecule has 0 spiro atoms. The van der Waals surface area contributed by atoms with Crippen LogP contribution < -0.4 is 16.4 Å². The fourth-order valence-corrected chi connectivity index (χ4v) is 3.13. The number of hydrogen-bond acceptors (Lipinski definition) is 3. The van der Waals surface area contributed by atoms with E-state index in [1.807, 2.05) is 24.3 Å². The van der Waals surface area contributed by atoms with E-state index >= 15 is 0 Å². The molecule has 0 aromatic heterocycles. The Hall–Kier alpha value is -1.35.